The van der Waals surface area contributed by atoms with E-state index in [-0.39, 0.29) is 11.8 Å². The highest BCUT2D eigenvalue weighted by Gasteiger charge is 2.27. The average Bonchev–Trinajstić information content (AvgIpc) is 2.66. The zero-order valence-corrected chi connectivity index (χ0v) is 11.0. The Balaban J connectivity index is 2.37. The van der Waals surface area contributed by atoms with Crippen molar-refractivity contribution < 1.29 is 14.6 Å². The maximum Gasteiger partial charge on any atom is 0.261 e. The predicted molar refractivity (Wildman–Crippen MR) is 71.3 cm³/mol. The molecule has 1 aromatic heterocycles. The van der Waals surface area contributed by atoms with Gasteiger partial charge in [-0.3, -0.25) is 4.79 Å². The van der Waals surface area contributed by atoms with Gasteiger partial charge in [0.2, 0.25) is 0 Å². The Kier molecular flexibility index (Phi) is 3.63. The van der Waals surface area contributed by atoms with Crippen LogP contribution in [0.4, 0.5) is 10.7 Å². The Bertz CT molecular complexity index is 461. The Morgan fingerprint density at radius 2 is 2.33 bits per heavy atom. The van der Waals surface area contributed by atoms with Crippen molar-refractivity contribution in [1.82, 2.24) is 0 Å². The molecule has 1 saturated heterocycles. The first kappa shape index (κ1) is 13.0. The fraction of sp³-hybridized carbons (Fsp3) is 0.545. The molecule has 1 aromatic rings. The number of carbonyl (C=O) groups excluding carboxylic acids is 1. The number of methoxy groups -OCH3 is 1. The molecule has 0 bridgehead atoms. The average molecular weight is 271 g/mol. The molecule has 1 aliphatic heterocycles. The number of ether oxygens (including phenoxy) is 1. The van der Waals surface area contributed by atoms with Gasteiger partial charge in [0.1, 0.15) is 15.6 Å². The molecule has 0 radical (unpaired) electrons. The molecule has 1 atom stereocenters. The number of aliphatic hydroxyl groups is 1. The van der Waals surface area contributed by atoms with Gasteiger partial charge in [-0.2, -0.15) is 0 Å². The van der Waals surface area contributed by atoms with Crippen LogP contribution in [0, 0.1) is 0 Å². The van der Waals surface area contributed by atoms with Crippen LogP contribution >= 0.6 is 11.3 Å². The molecule has 0 spiro atoms. The molecule has 2 heterocycles. The van der Waals surface area contributed by atoms with Crippen molar-refractivity contribution in [2.45, 2.75) is 18.9 Å². The Hall–Kier alpha value is -1.47. The number of piperidine rings is 1. The maximum atomic E-state index is 11.3. The number of aliphatic hydroxyl groups excluding tert-OH is 1. The SMILES string of the molecule is COc1c(N2CCCC(O)C2)sc(C(N)=O)c1N. The minimum absolute atomic E-state index is 0.282. The molecule has 18 heavy (non-hydrogen) atoms. The Labute approximate surface area is 109 Å². The summed E-state index contributed by atoms with van der Waals surface area (Å²) < 4.78 is 5.25. The molecule has 2 rings (SSSR count). The molecule has 5 N–H and O–H groups in total. The molecule has 7 heteroatoms. The third-order valence-corrected chi connectivity index (χ3v) is 4.26. The van der Waals surface area contributed by atoms with E-state index in [1.54, 1.807) is 0 Å². The second kappa shape index (κ2) is 5.03. The van der Waals surface area contributed by atoms with E-state index in [9.17, 15) is 9.90 Å². The zero-order valence-electron chi connectivity index (χ0n) is 10.2. The van der Waals surface area contributed by atoms with E-state index in [4.69, 9.17) is 16.2 Å². The fourth-order valence-electron chi connectivity index (χ4n) is 2.14. The summed E-state index contributed by atoms with van der Waals surface area (Å²) in [5.74, 6) is -0.0810. The van der Waals surface area contributed by atoms with Crippen molar-refractivity contribution in [3.05, 3.63) is 4.88 Å². The molecular weight excluding hydrogens is 254 g/mol. The highest BCUT2D eigenvalue weighted by Crippen LogP contribution is 2.45. The summed E-state index contributed by atoms with van der Waals surface area (Å²) in [5, 5.41) is 10.5. The van der Waals surface area contributed by atoms with E-state index in [1.165, 1.54) is 18.4 Å². The number of carbonyl (C=O) groups is 1. The number of nitrogens with zero attached hydrogens (tertiary/aromatic N) is 1. The van der Waals surface area contributed by atoms with Gasteiger partial charge in [-0.25, -0.2) is 0 Å². The van der Waals surface area contributed by atoms with Crippen molar-refractivity contribution in [3.8, 4) is 5.75 Å². The lowest BCUT2D eigenvalue weighted by atomic mass is 10.1. The third kappa shape index (κ3) is 2.23. The lowest BCUT2D eigenvalue weighted by Gasteiger charge is -2.31. The van der Waals surface area contributed by atoms with Crippen LogP contribution < -0.4 is 21.1 Å². The van der Waals surface area contributed by atoms with Gasteiger partial charge in [0.15, 0.2) is 5.75 Å². The standard InChI is InChI=1S/C11H17N3O3S/c1-17-8-7(12)9(10(13)16)18-11(8)14-4-2-3-6(15)5-14/h6,15H,2-5,12H2,1H3,(H2,13,16). The summed E-state index contributed by atoms with van der Waals surface area (Å²) in [7, 11) is 1.51. The van der Waals surface area contributed by atoms with Crippen LogP contribution in [0.3, 0.4) is 0 Å². The molecule has 0 saturated carbocycles. The smallest absolute Gasteiger partial charge is 0.261 e. The largest absolute Gasteiger partial charge is 0.492 e. The summed E-state index contributed by atoms with van der Waals surface area (Å²) in [6.45, 7) is 1.33. The first-order valence-electron chi connectivity index (χ1n) is 5.73. The topological polar surface area (TPSA) is 102 Å². The summed E-state index contributed by atoms with van der Waals surface area (Å²) >= 11 is 1.22. The molecule has 1 aliphatic rings. The number of hydrogen-bond acceptors (Lipinski definition) is 6. The minimum Gasteiger partial charge on any atom is -0.492 e. The van der Waals surface area contributed by atoms with Gasteiger partial charge in [0, 0.05) is 13.1 Å². The van der Waals surface area contributed by atoms with Crippen LogP contribution in [0.5, 0.6) is 5.75 Å². The van der Waals surface area contributed by atoms with E-state index in [1.807, 2.05) is 4.90 Å². The summed E-state index contributed by atoms with van der Waals surface area (Å²) in [4.78, 5) is 13.6. The van der Waals surface area contributed by atoms with E-state index in [0.717, 1.165) is 24.4 Å². The zero-order chi connectivity index (χ0) is 13.3. The van der Waals surface area contributed by atoms with Crippen molar-refractivity contribution >= 4 is 27.9 Å². The Morgan fingerprint density at radius 1 is 1.61 bits per heavy atom. The van der Waals surface area contributed by atoms with Crippen molar-refractivity contribution in [3.63, 3.8) is 0 Å². The first-order chi connectivity index (χ1) is 8.54. The molecule has 1 unspecified atom stereocenters. The summed E-state index contributed by atoms with van der Waals surface area (Å²) in [6.07, 6.45) is 1.33. The van der Waals surface area contributed by atoms with Gasteiger partial charge in [-0.1, -0.05) is 0 Å². The normalized spacial score (nSPS) is 19.9. The van der Waals surface area contributed by atoms with Crippen LogP contribution in [0.15, 0.2) is 0 Å². The quantitative estimate of drug-likeness (QED) is 0.738. The minimum atomic E-state index is -0.556. The second-order valence-electron chi connectivity index (χ2n) is 4.29. The number of anilines is 2. The molecule has 0 aliphatic carbocycles. The number of amides is 1. The lowest BCUT2D eigenvalue weighted by Crippen LogP contribution is -2.37. The first-order valence-corrected chi connectivity index (χ1v) is 6.55. The molecule has 1 amide bonds. The number of nitrogen functional groups attached to an aromatic ring is 1. The maximum absolute atomic E-state index is 11.3. The van der Waals surface area contributed by atoms with Gasteiger partial charge in [-0.15, -0.1) is 11.3 Å². The fourth-order valence-corrected chi connectivity index (χ4v) is 3.22. The van der Waals surface area contributed by atoms with Gasteiger partial charge in [-0.05, 0) is 12.8 Å². The van der Waals surface area contributed by atoms with E-state index in [0.29, 0.717) is 17.2 Å². The number of rotatable bonds is 3. The van der Waals surface area contributed by atoms with Crippen molar-refractivity contribution in [2.24, 2.45) is 5.73 Å². The van der Waals surface area contributed by atoms with Crippen molar-refractivity contribution in [1.29, 1.82) is 0 Å². The van der Waals surface area contributed by atoms with Crippen LogP contribution in [0.25, 0.3) is 0 Å². The van der Waals surface area contributed by atoms with Crippen LogP contribution in [0.2, 0.25) is 0 Å². The Morgan fingerprint density at radius 3 is 2.89 bits per heavy atom. The number of thiophene rings is 1. The van der Waals surface area contributed by atoms with Crippen molar-refractivity contribution in [2.75, 3.05) is 30.8 Å². The molecule has 1 fully saturated rings. The van der Waals surface area contributed by atoms with E-state index >= 15 is 0 Å². The third-order valence-electron chi connectivity index (χ3n) is 2.99. The van der Waals surface area contributed by atoms with E-state index in [2.05, 4.69) is 0 Å². The van der Waals surface area contributed by atoms with Gasteiger partial charge < -0.3 is 26.2 Å². The van der Waals surface area contributed by atoms with Crippen LogP contribution in [-0.4, -0.2) is 37.3 Å². The monoisotopic (exact) mass is 271 g/mol. The number of hydrogen-bond donors (Lipinski definition) is 3. The molecule has 6 nitrogen and oxygen atoms in total. The van der Waals surface area contributed by atoms with Crippen LogP contribution in [-0.2, 0) is 0 Å². The van der Waals surface area contributed by atoms with Gasteiger partial charge in [0.25, 0.3) is 5.91 Å². The highest BCUT2D eigenvalue weighted by molar-refractivity contribution is 7.19. The number of nitrogens with two attached hydrogens (primary N) is 2. The predicted octanol–water partition coefficient (Wildman–Crippen LogP) is 0.399. The summed E-state index contributed by atoms with van der Waals surface area (Å²) in [6, 6.07) is 0. The van der Waals surface area contributed by atoms with Crippen LogP contribution in [0.1, 0.15) is 22.5 Å². The van der Waals surface area contributed by atoms with Gasteiger partial charge >= 0.3 is 0 Å². The molecule has 0 aromatic carbocycles. The number of β-amino-alcohol motifs (C(OH)–C–C–N with tert-alkyl or cyclic N) is 1. The second-order valence-corrected chi connectivity index (χ2v) is 5.29. The van der Waals surface area contributed by atoms with E-state index < -0.39 is 5.91 Å². The highest BCUT2D eigenvalue weighted by atomic mass is 32.1. The summed E-state index contributed by atoms with van der Waals surface area (Å²) in [5.41, 5.74) is 11.4. The molecular formula is C11H17N3O3S. The van der Waals surface area contributed by atoms with Gasteiger partial charge in [0.05, 0.1) is 13.2 Å². The number of primary amides is 1. The molecule has 100 valence electrons. The lowest BCUT2D eigenvalue weighted by molar-refractivity contribution is 0.100.